The maximum atomic E-state index is 12.7. The molecule has 110 valence electrons. The fourth-order valence-electron chi connectivity index (χ4n) is 1.69. The Morgan fingerprint density at radius 2 is 1.95 bits per heavy atom. The summed E-state index contributed by atoms with van der Waals surface area (Å²) in [5, 5.41) is 2.47. The predicted octanol–water partition coefficient (Wildman–Crippen LogP) is 3.24. The fourth-order valence-corrected chi connectivity index (χ4v) is 1.69. The van der Waals surface area contributed by atoms with E-state index < -0.39 is 23.3 Å². The molecule has 0 aliphatic carbocycles. The lowest BCUT2D eigenvalue weighted by molar-refractivity contribution is -0.136. The molecule has 0 radical (unpaired) electrons. The van der Waals surface area contributed by atoms with Crippen molar-refractivity contribution in [2.45, 2.75) is 13.1 Å². The highest BCUT2D eigenvalue weighted by atomic mass is 19.4. The number of nitrogens with two attached hydrogens (primary N) is 1. The Hall–Kier alpha value is -2.57. The van der Waals surface area contributed by atoms with Crippen LogP contribution in [0.4, 0.5) is 24.5 Å². The lowest BCUT2D eigenvalue weighted by Crippen LogP contribution is -2.15. The van der Waals surface area contributed by atoms with E-state index in [9.17, 15) is 18.0 Å². The topological polar surface area (TPSA) is 68.0 Å². The third-order valence-electron chi connectivity index (χ3n) is 2.79. The Morgan fingerprint density at radius 3 is 2.52 bits per heavy atom. The Labute approximate surface area is 118 Å². The molecule has 0 saturated heterocycles. The molecule has 21 heavy (non-hydrogen) atoms. The molecule has 3 N–H and O–H groups in total. The summed E-state index contributed by atoms with van der Waals surface area (Å²) in [7, 11) is 0. The van der Waals surface area contributed by atoms with Crippen LogP contribution in [-0.2, 0) is 6.18 Å². The highest BCUT2D eigenvalue weighted by Crippen LogP contribution is 2.34. The van der Waals surface area contributed by atoms with Gasteiger partial charge < -0.3 is 11.1 Å². The van der Waals surface area contributed by atoms with Crippen molar-refractivity contribution in [2.75, 3.05) is 11.1 Å². The van der Waals surface area contributed by atoms with Gasteiger partial charge in [0.05, 0.1) is 17.4 Å². The van der Waals surface area contributed by atoms with E-state index in [1.807, 2.05) is 0 Å². The number of halogens is 3. The van der Waals surface area contributed by atoms with E-state index in [4.69, 9.17) is 5.73 Å². The molecule has 2 aromatic rings. The van der Waals surface area contributed by atoms with Crippen LogP contribution in [0, 0.1) is 6.92 Å². The number of aromatic nitrogens is 1. The van der Waals surface area contributed by atoms with E-state index in [2.05, 4.69) is 10.3 Å². The summed E-state index contributed by atoms with van der Waals surface area (Å²) in [6.45, 7) is 1.78. The lowest BCUT2D eigenvalue weighted by Gasteiger charge is -2.12. The highest BCUT2D eigenvalue weighted by molar-refractivity contribution is 6.04. The van der Waals surface area contributed by atoms with Crippen LogP contribution in [0.15, 0.2) is 36.5 Å². The number of carbonyl (C=O) groups is 1. The minimum absolute atomic E-state index is 0.128. The van der Waals surface area contributed by atoms with E-state index in [-0.39, 0.29) is 5.56 Å². The molecular formula is C14H12F3N3O. The molecule has 2 rings (SSSR count). The predicted molar refractivity (Wildman–Crippen MR) is 72.8 cm³/mol. The number of nitrogens with zero attached hydrogens (tertiary/aromatic N) is 1. The van der Waals surface area contributed by atoms with Crippen LogP contribution in [0.1, 0.15) is 21.6 Å². The molecule has 4 nitrogen and oxygen atoms in total. The summed E-state index contributed by atoms with van der Waals surface area (Å²) in [5.41, 5.74) is 4.87. The summed E-state index contributed by atoms with van der Waals surface area (Å²) in [6, 6.07) is 6.32. The van der Waals surface area contributed by atoms with E-state index in [1.54, 1.807) is 19.1 Å². The number of anilines is 2. The zero-order valence-electron chi connectivity index (χ0n) is 11.0. The van der Waals surface area contributed by atoms with Crippen molar-refractivity contribution in [1.82, 2.24) is 4.98 Å². The van der Waals surface area contributed by atoms with Gasteiger partial charge in [0.15, 0.2) is 0 Å². The van der Waals surface area contributed by atoms with Crippen molar-refractivity contribution in [3.8, 4) is 0 Å². The average molecular weight is 295 g/mol. The molecular weight excluding hydrogens is 283 g/mol. The number of amides is 1. The van der Waals surface area contributed by atoms with Crippen molar-refractivity contribution >= 4 is 17.3 Å². The van der Waals surface area contributed by atoms with Crippen molar-refractivity contribution in [2.24, 2.45) is 0 Å². The molecule has 1 amide bonds. The van der Waals surface area contributed by atoms with Gasteiger partial charge in [-0.15, -0.1) is 0 Å². The number of hydrogen-bond acceptors (Lipinski definition) is 3. The maximum absolute atomic E-state index is 12.7. The first-order valence-corrected chi connectivity index (χ1v) is 5.98. The molecule has 0 saturated carbocycles. The number of benzene rings is 1. The van der Waals surface area contributed by atoms with E-state index in [0.29, 0.717) is 5.69 Å². The van der Waals surface area contributed by atoms with Crippen LogP contribution in [0.5, 0.6) is 0 Å². The van der Waals surface area contributed by atoms with Gasteiger partial charge in [-0.3, -0.25) is 9.78 Å². The first-order valence-electron chi connectivity index (χ1n) is 5.98. The smallest absolute Gasteiger partial charge is 0.398 e. The number of nitrogen functional groups attached to an aromatic ring is 1. The number of carbonyl (C=O) groups excluding carboxylic acids is 1. The van der Waals surface area contributed by atoms with Crippen molar-refractivity contribution in [3.05, 3.63) is 53.3 Å². The average Bonchev–Trinajstić information content (AvgIpc) is 2.40. The first-order chi connectivity index (χ1) is 9.77. The molecule has 0 unspecified atom stereocenters. The quantitative estimate of drug-likeness (QED) is 0.836. The van der Waals surface area contributed by atoms with Crippen LogP contribution in [-0.4, -0.2) is 10.9 Å². The van der Waals surface area contributed by atoms with Crippen LogP contribution < -0.4 is 11.1 Å². The Morgan fingerprint density at radius 1 is 1.24 bits per heavy atom. The SMILES string of the molecule is Cc1ccc(NC(=O)c2ccc(N)c(C(F)(F)F)c2)cn1. The standard InChI is InChI=1S/C14H12F3N3O/c1-8-2-4-10(7-19-8)20-13(21)9-3-5-12(18)11(6-9)14(15,16)17/h2-7H,18H2,1H3,(H,20,21). The second-order valence-corrected chi connectivity index (χ2v) is 4.44. The zero-order valence-corrected chi connectivity index (χ0v) is 11.0. The summed E-state index contributed by atoms with van der Waals surface area (Å²) >= 11 is 0. The third kappa shape index (κ3) is 3.50. The number of rotatable bonds is 2. The van der Waals surface area contributed by atoms with Gasteiger partial charge in [0.25, 0.3) is 5.91 Å². The molecule has 0 aliphatic rings. The van der Waals surface area contributed by atoms with E-state index in [1.165, 1.54) is 12.3 Å². The number of pyridine rings is 1. The van der Waals surface area contributed by atoms with Gasteiger partial charge in [-0.2, -0.15) is 13.2 Å². The largest absolute Gasteiger partial charge is 0.418 e. The fraction of sp³-hybridized carbons (Fsp3) is 0.143. The molecule has 1 aromatic heterocycles. The molecule has 7 heteroatoms. The number of hydrogen-bond donors (Lipinski definition) is 2. The third-order valence-corrected chi connectivity index (χ3v) is 2.79. The van der Waals surface area contributed by atoms with Gasteiger partial charge in [-0.05, 0) is 37.3 Å². The zero-order chi connectivity index (χ0) is 15.6. The molecule has 0 bridgehead atoms. The van der Waals surface area contributed by atoms with E-state index >= 15 is 0 Å². The molecule has 0 spiro atoms. The Kier molecular flexibility index (Phi) is 3.84. The van der Waals surface area contributed by atoms with Crippen LogP contribution in [0.25, 0.3) is 0 Å². The van der Waals surface area contributed by atoms with Gasteiger partial charge in [-0.25, -0.2) is 0 Å². The van der Waals surface area contributed by atoms with Gasteiger partial charge in [-0.1, -0.05) is 0 Å². The normalized spacial score (nSPS) is 11.2. The maximum Gasteiger partial charge on any atom is 0.418 e. The van der Waals surface area contributed by atoms with Crippen LogP contribution >= 0.6 is 0 Å². The Balaban J connectivity index is 2.25. The van der Waals surface area contributed by atoms with Gasteiger partial charge >= 0.3 is 6.18 Å². The Bertz CT molecular complexity index is 666. The molecule has 0 atom stereocenters. The van der Waals surface area contributed by atoms with Gasteiger partial charge in [0.2, 0.25) is 0 Å². The summed E-state index contributed by atoms with van der Waals surface area (Å²) in [5.74, 6) is -0.661. The monoisotopic (exact) mass is 295 g/mol. The summed E-state index contributed by atoms with van der Waals surface area (Å²) in [6.07, 6.45) is -3.18. The second kappa shape index (κ2) is 5.43. The lowest BCUT2D eigenvalue weighted by atomic mass is 10.1. The summed E-state index contributed by atoms with van der Waals surface area (Å²) < 4.78 is 38.2. The van der Waals surface area contributed by atoms with E-state index in [0.717, 1.165) is 17.8 Å². The number of nitrogens with one attached hydrogen (secondary N) is 1. The van der Waals surface area contributed by atoms with Crippen LogP contribution in [0.2, 0.25) is 0 Å². The molecule has 1 heterocycles. The molecule has 1 aromatic carbocycles. The highest BCUT2D eigenvalue weighted by Gasteiger charge is 2.33. The minimum Gasteiger partial charge on any atom is -0.398 e. The molecule has 0 fully saturated rings. The molecule has 0 aliphatic heterocycles. The van der Waals surface area contributed by atoms with Crippen LogP contribution in [0.3, 0.4) is 0 Å². The summed E-state index contributed by atoms with van der Waals surface area (Å²) in [4.78, 5) is 15.9. The van der Waals surface area contributed by atoms with Gasteiger partial charge in [0.1, 0.15) is 0 Å². The van der Waals surface area contributed by atoms with Crippen molar-refractivity contribution in [1.29, 1.82) is 0 Å². The second-order valence-electron chi connectivity index (χ2n) is 4.44. The first kappa shape index (κ1) is 14.8. The number of aryl methyl sites for hydroxylation is 1. The minimum atomic E-state index is -4.61. The number of alkyl halides is 3. The van der Waals surface area contributed by atoms with Crippen molar-refractivity contribution in [3.63, 3.8) is 0 Å². The van der Waals surface area contributed by atoms with Crippen molar-refractivity contribution < 1.29 is 18.0 Å². The van der Waals surface area contributed by atoms with Gasteiger partial charge in [0, 0.05) is 16.9 Å².